The van der Waals surface area contributed by atoms with Crippen LogP contribution >= 0.6 is 0 Å². The van der Waals surface area contributed by atoms with Crippen LogP contribution in [0.1, 0.15) is 42.1 Å². The summed E-state index contributed by atoms with van der Waals surface area (Å²) in [6, 6.07) is 4.71. The molecule has 0 aromatic heterocycles. The molecule has 2 rings (SSSR count). The Morgan fingerprint density at radius 2 is 2.22 bits per heavy atom. The number of halogens is 1. The molecular weight excluding hydrogens is 229 g/mol. The van der Waals surface area contributed by atoms with Crippen molar-refractivity contribution in [2.45, 2.75) is 33.1 Å². The summed E-state index contributed by atoms with van der Waals surface area (Å²) in [6.07, 6.45) is 3.56. The summed E-state index contributed by atoms with van der Waals surface area (Å²) in [4.78, 5) is 11.9. The molecule has 1 amide bonds. The van der Waals surface area contributed by atoms with Gasteiger partial charge in [0.1, 0.15) is 5.82 Å². The van der Waals surface area contributed by atoms with Crippen LogP contribution in [-0.4, -0.2) is 12.5 Å². The zero-order valence-electron chi connectivity index (χ0n) is 11.0. The fourth-order valence-corrected chi connectivity index (χ4v) is 2.65. The van der Waals surface area contributed by atoms with Crippen molar-refractivity contribution in [3.63, 3.8) is 0 Å². The molecule has 1 aliphatic carbocycles. The van der Waals surface area contributed by atoms with E-state index in [1.807, 2.05) is 6.92 Å². The fraction of sp³-hybridized carbons (Fsp3) is 0.533. The molecule has 0 spiro atoms. The first-order valence-corrected chi connectivity index (χ1v) is 6.60. The minimum absolute atomic E-state index is 0.145. The average molecular weight is 249 g/mol. The lowest BCUT2D eigenvalue weighted by Crippen LogP contribution is -2.29. The van der Waals surface area contributed by atoms with E-state index < -0.39 is 5.82 Å². The Bertz CT molecular complexity index is 444. The van der Waals surface area contributed by atoms with Crippen molar-refractivity contribution in [1.82, 2.24) is 5.32 Å². The summed E-state index contributed by atoms with van der Waals surface area (Å²) in [6.45, 7) is 4.71. The number of rotatable bonds is 3. The SMILES string of the molecule is Cc1ccc(C(=O)NCC2CCC(C)C2)c(F)c1. The zero-order valence-corrected chi connectivity index (χ0v) is 11.0. The second-order valence-electron chi connectivity index (χ2n) is 5.48. The first-order chi connectivity index (χ1) is 8.56. The highest BCUT2D eigenvalue weighted by atomic mass is 19.1. The molecular formula is C15H20FNO. The van der Waals surface area contributed by atoms with E-state index in [0.29, 0.717) is 12.5 Å². The lowest BCUT2D eigenvalue weighted by atomic mass is 10.1. The summed E-state index contributed by atoms with van der Waals surface area (Å²) in [5.74, 6) is 0.569. The number of carbonyl (C=O) groups excluding carboxylic acids is 1. The largest absolute Gasteiger partial charge is 0.352 e. The van der Waals surface area contributed by atoms with Crippen LogP contribution in [0.5, 0.6) is 0 Å². The van der Waals surface area contributed by atoms with E-state index in [9.17, 15) is 9.18 Å². The van der Waals surface area contributed by atoms with Crippen LogP contribution in [0, 0.1) is 24.6 Å². The molecule has 1 aromatic rings. The minimum atomic E-state index is -0.438. The van der Waals surface area contributed by atoms with Gasteiger partial charge in [-0.3, -0.25) is 4.79 Å². The van der Waals surface area contributed by atoms with E-state index in [1.54, 1.807) is 12.1 Å². The van der Waals surface area contributed by atoms with E-state index in [-0.39, 0.29) is 11.5 Å². The summed E-state index contributed by atoms with van der Waals surface area (Å²) in [7, 11) is 0. The Hall–Kier alpha value is -1.38. The quantitative estimate of drug-likeness (QED) is 0.875. The predicted molar refractivity (Wildman–Crippen MR) is 70.0 cm³/mol. The van der Waals surface area contributed by atoms with Gasteiger partial charge in [-0.05, 0) is 49.3 Å². The van der Waals surface area contributed by atoms with E-state index >= 15 is 0 Å². The van der Waals surface area contributed by atoms with Crippen molar-refractivity contribution < 1.29 is 9.18 Å². The Morgan fingerprint density at radius 1 is 1.44 bits per heavy atom. The molecule has 1 saturated carbocycles. The van der Waals surface area contributed by atoms with Crippen molar-refractivity contribution in [3.05, 3.63) is 35.1 Å². The molecule has 2 unspecified atom stereocenters. The minimum Gasteiger partial charge on any atom is -0.352 e. The first kappa shape index (κ1) is 13.1. The van der Waals surface area contributed by atoms with Gasteiger partial charge >= 0.3 is 0 Å². The number of hydrogen-bond donors (Lipinski definition) is 1. The Labute approximate surface area is 108 Å². The Balaban J connectivity index is 1.91. The second-order valence-corrected chi connectivity index (χ2v) is 5.48. The van der Waals surface area contributed by atoms with Gasteiger partial charge in [0.2, 0.25) is 0 Å². The number of amides is 1. The van der Waals surface area contributed by atoms with E-state index in [2.05, 4.69) is 12.2 Å². The molecule has 0 bridgehead atoms. The maximum absolute atomic E-state index is 13.6. The van der Waals surface area contributed by atoms with E-state index in [4.69, 9.17) is 0 Å². The second kappa shape index (κ2) is 5.51. The number of nitrogens with one attached hydrogen (secondary N) is 1. The van der Waals surface area contributed by atoms with Crippen molar-refractivity contribution >= 4 is 5.91 Å². The highest BCUT2D eigenvalue weighted by Crippen LogP contribution is 2.29. The first-order valence-electron chi connectivity index (χ1n) is 6.60. The van der Waals surface area contributed by atoms with Gasteiger partial charge in [-0.2, -0.15) is 0 Å². The molecule has 0 aliphatic heterocycles. The summed E-state index contributed by atoms with van der Waals surface area (Å²) in [5.41, 5.74) is 0.973. The monoisotopic (exact) mass is 249 g/mol. The molecule has 0 heterocycles. The maximum atomic E-state index is 13.6. The number of carbonyl (C=O) groups is 1. The van der Waals surface area contributed by atoms with Crippen molar-refractivity contribution in [1.29, 1.82) is 0 Å². The van der Waals surface area contributed by atoms with E-state index in [0.717, 1.165) is 24.3 Å². The normalized spacial score (nSPS) is 23.1. The third-order valence-electron chi connectivity index (χ3n) is 3.72. The molecule has 1 aromatic carbocycles. The lowest BCUT2D eigenvalue weighted by molar-refractivity contribution is 0.0943. The van der Waals surface area contributed by atoms with Crippen LogP contribution in [0.3, 0.4) is 0 Å². The van der Waals surface area contributed by atoms with Gasteiger partial charge in [0.15, 0.2) is 0 Å². The van der Waals surface area contributed by atoms with Crippen molar-refractivity contribution in [3.8, 4) is 0 Å². The van der Waals surface area contributed by atoms with Crippen molar-refractivity contribution in [2.24, 2.45) is 11.8 Å². The van der Waals surface area contributed by atoms with Crippen LogP contribution < -0.4 is 5.32 Å². The van der Waals surface area contributed by atoms with Gasteiger partial charge < -0.3 is 5.32 Å². The Kier molecular flexibility index (Phi) is 4.00. The van der Waals surface area contributed by atoms with E-state index in [1.165, 1.54) is 12.5 Å². The number of aryl methyl sites for hydroxylation is 1. The molecule has 1 aliphatic rings. The maximum Gasteiger partial charge on any atom is 0.254 e. The standard InChI is InChI=1S/C15H20FNO/c1-10-3-5-12(7-10)9-17-15(18)13-6-4-11(2)8-14(13)16/h4,6,8,10,12H,3,5,7,9H2,1-2H3,(H,17,18). The van der Waals surface area contributed by atoms with Gasteiger partial charge in [0, 0.05) is 6.54 Å². The third kappa shape index (κ3) is 3.09. The number of benzene rings is 1. The molecule has 1 fully saturated rings. The van der Waals surface area contributed by atoms with Gasteiger partial charge in [-0.1, -0.05) is 19.4 Å². The lowest BCUT2D eigenvalue weighted by Gasteiger charge is -2.11. The molecule has 1 N–H and O–H groups in total. The van der Waals surface area contributed by atoms with Crippen LogP contribution in [-0.2, 0) is 0 Å². The molecule has 2 nitrogen and oxygen atoms in total. The van der Waals surface area contributed by atoms with Gasteiger partial charge in [-0.15, -0.1) is 0 Å². The summed E-state index contributed by atoms with van der Waals surface area (Å²) < 4.78 is 13.6. The third-order valence-corrected chi connectivity index (χ3v) is 3.72. The summed E-state index contributed by atoms with van der Waals surface area (Å²) in [5, 5.41) is 2.84. The molecule has 0 saturated heterocycles. The average Bonchev–Trinajstić information content (AvgIpc) is 2.72. The molecule has 3 heteroatoms. The predicted octanol–water partition coefficient (Wildman–Crippen LogP) is 3.30. The Morgan fingerprint density at radius 3 is 2.83 bits per heavy atom. The number of hydrogen-bond acceptors (Lipinski definition) is 1. The van der Waals surface area contributed by atoms with Crippen LogP contribution in [0.2, 0.25) is 0 Å². The van der Waals surface area contributed by atoms with Gasteiger partial charge in [-0.25, -0.2) is 4.39 Å². The van der Waals surface area contributed by atoms with Gasteiger partial charge in [0.25, 0.3) is 5.91 Å². The molecule has 0 radical (unpaired) electrons. The molecule has 98 valence electrons. The molecule has 2 atom stereocenters. The zero-order chi connectivity index (χ0) is 13.1. The smallest absolute Gasteiger partial charge is 0.254 e. The summed E-state index contributed by atoms with van der Waals surface area (Å²) >= 11 is 0. The fourth-order valence-electron chi connectivity index (χ4n) is 2.65. The highest BCUT2D eigenvalue weighted by Gasteiger charge is 2.22. The van der Waals surface area contributed by atoms with Crippen LogP contribution in [0.4, 0.5) is 4.39 Å². The van der Waals surface area contributed by atoms with Crippen LogP contribution in [0.25, 0.3) is 0 Å². The highest BCUT2D eigenvalue weighted by molar-refractivity contribution is 5.94. The molecule has 18 heavy (non-hydrogen) atoms. The van der Waals surface area contributed by atoms with Crippen LogP contribution in [0.15, 0.2) is 18.2 Å². The van der Waals surface area contributed by atoms with Crippen molar-refractivity contribution in [2.75, 3.05) is 6.54 Å². The van der Waals surface area contributed by atoms with Gasteiger partial charge in [0.05, 0.1) is 5.56 Å². The topological polar surface area (TPSA) is 29.1 Å².